The number of benzene rings is 1. The quantitative estimate of drug-likeness (QED) is 0.822. The summed E-state index contributed by atoms with van der Waals surface area (Å²) < 4.78 is 0. The van der Waals surface area contributed by atoms with Crippen LogP contribution < -0.4 is 0 Å². The summed E-state index contributed by atoms with van der Waals surface area (Å²) in [6, 6.07) is 8.67. The Morgan fingerprint density at radius 3 is 2.47 bits per heavy atom. The van der Waals surface area contributed by atoms with E-state index in [1.54, 1.807) is 0 Å². The Hall–Kier alpha value is -0.820. The monoisotopic (exact) mass is 258 g/mol. The second-order valence-electron chi connectivity index (χ2n) is 6.93. The van der Waals surface area contributed by atoms with Crippen LogP contribution in [0.4, 0.5) is 0 Å². The van der Waals surface area contributed by atoms with Gasteiger partial charge in [-0.15, -0.1) is 0 Å². The van der Waals surface area contributed by atoms with Gasteiger partial charge in [-0.25, -0.2) is 0 Å². The zero-order chi connectivity index (χ0) is 13.5. The maximum absolute atomic E-state index is 11.3. The fourth-order valence-corrected chi connectivity index (χ4v) is 3.95. The normalized spacial score (nSPS) is 35.9. The summed E-state index contributed by atoms with van der Waals surface area (Å²) >= 11 is 0. The molecule has 2 aliphatic rings. The summed E-state index contributed by atoms with van der Waals surface area (Å²) in [4.78, 5) is 0. The summed E-state index contributed by atoms with van der Waals surface area (Å²) in [6.45, 7) is 4.51. The van der Waals surface area contributed by atoms with Crippen molar-refractivity contribution in [2.45, 2.75) is 63.9 Å². The van der Waals surface area contributed by atoms with Crippen LogP contribution in [-0.4, -0.2) is 5.11 Å². The van der Waals surface area contributed by atoms with E-state index < -0.39 is 5.60 Å². The largest absolute Gasteiger partial charge is 0.385 e. The zero-order valence-corrected chi connectivity index (χ0v) is 12.2. The van der Waals surface area contributed by atoms with Crippen LogP contribution in [0.5, 0.6) is 0 Å². The van der Waals surface area contributed by atoms with Crippen molar-refractivity contribution in [3.63, 3.8) is 0 Å². The Morgan fingerprint density at radius 1 is 1.05 bits per heavy atom. The van der Waals surface area contributed by atoms with Crippen molar-refractivity contribution in [2.24, 2.45) is 11.8 Å². The molecule has 2 saturated carbocycles. The van der Waals surface area contributed by atoms with Gasteiger partial charge in [-0.05, 0) is 54.6 Å². The minimum Gasteiger partial charge on any atom is -0.385 e. The summed E-state index contributed by atoms with van der Waals surface area (Å²) in [7, 11) is 0. The average Bonchev–Trinajstić information content (AvgIpc) is 2.33. The summed E-state index contributed by atoms with van der Waals surface area (Å²) in [5.74, 6) is 1.71. The molecule has 0 bridgehead atoms. The van der Waals surface area contributed by atoms with Crippen molar-refractivity contribution in [3.05, 3.63) is 35.4 Å². The highest BCUT2D eigenvalue weighted by atomic mass is 16.3. The molecule has 1 nitrogen and oxygen atoms in total. The first-order valence-corrected chi connectivity index (χ1v) is 7.93. The van der Waals surface area contributed by atoms with Crippen LogP contribution >= 0.6 is 0 Å². The van der Waals surface area contributed by atoms with E-state index in [-0.39, 0.29) is 0 Å². The molecule has 0 heterocycles. The fourth-order valence-electron chi connectivity index (χ4n) is 3.95. The fraction of sp³-hybridized carbons (Fsp3) is 0.667. The van der Waals surface area contributed by atoms with Gasteiger partial charge in [-0.3, -0.25) is 0 Å². The van der Waals surface area contributed by atoms with Crippen LogP contribution in [0.3, 0.4) is 0 Å². The van der Waals surface area contributed by atoms with Crippen molar-refractivity contribution in [3.8, 4) is 0 Å². The number of hydrogen-bond donors (Lipinski definition) is 1. The van der Waals surface area contributed by atoms with E-state index in [1.807, 2.05) is 0 Å². The van der Waals surface area contributed by atoms with E-state index in [9.17, 15) is 5.11 Å². The molecule has 104 valence electrons. The first-order chi connectivity index (χ1) is 9.11. The van der Waals surface area contributed by atoms with Gasteiger partial charge in [0.25, 0.3) is 0 Å². The van der Waals surface area contributed by atoms with E-state index in [4.69, 9.17) is 0 Å². The molecule has 1 N–H and O–H groups in total. The Labute approximate surface area is 117 Å². The van der Waals surface area contributed by atoms with Gasteiger partial charge >= 0.3 is 0 Å². The Balaban J connectivity index is 1.99. The Morgan fingerprint density at radius 2 is 1.79 bits per heavy atom. The lowest BCUT2D eigenvalue weighted by molar-refractivity contribution is -0.0638. The van der Waals surface area contributed by atoms with E-state index in [1.165, 1.54) is 36.8 Å². The lowest BCUT2D eigenvalue weighted by Crippen LogP contribution is -2.40. The zero-order valence-electron chi connectivity index (χ0n) is 12.2. The standard InChI is InChI=1S/C18H26O/c1-13-10-11-14(2)18(19,12-13)17-9-4-3-8-16(17)15-6-5-7-15/h3-4,8-9,13-15,19H,5-7,10-12H2,1-2H3. The summed E-state index contributed by atoms with van der Waals surface area (Å²) in [5, 5.41) is 11.3. The molecule has 0 saturated heterocycles. The first kappa shape index (κ1) is 13.2. The van der Waals surface area contributed by atoms with Crippen LogP contribution in [0.2, 0.25) is 0 Å². The van der Waals surface area contributed by atoms with Crippen molar-refractivity contribution in [2.75, 3.05) is 0 Å². The molecule has 3 rings (SSSR count). The number of aliphatic hydroxyl groups is 1. The minimum atomic E-state index is -0.593. The smallest absolute Gasteiger partial charge is 0.0927 e. The van der Waals surface area contributed by atoms with Gasteiger partial charge in [0.2, 0.25) is 0 Å². The van der Waals surface area contributed by atoms with Crippen LogP contribution in [0, 0.1) is 11.8 Å². The molecule has 2 aliphatic carbocycles. The van der Waals surface area contributed by atoms with Crippen LogP contribution in [-0.2, 0) is 5.60 Å². The minimum absolute atomic E-state index is 0.380. The van der Waals surface area contributed by atoms with Crippen molar-refractivity contribution >= 4 is 0 Å². The molecule has 0 radical (unpaired) electrons. The second kappa shape index (κ2) is 4.94. The SMILES string of the molecule is CC1CCC(C)C(O)(c2ccccc2C2CCC2)C1. The molecule has 3 atom stereocenters. The first-order valence-electron chi connectivity index (χ1n) is 7.93. The average molecular weight is 258 g/mol. The van der Waals surface area contributed by atoms with Gasteiger partial charge in [-0.2, -0.15) is 0 Å². The predicted octanol–water partition coefficient (Wildman–Crippen LogP) is 4.60. The highest BCUT2D eigenvalue weighted by Gasteiger charge is 2.42. The molecule has 1 heteroatoms. The van der Waals surface area contributed by atoms with Gasteiger partial charge < -0.3 is 5.11 Å². The van der Waals surface area contributed by atoms with Crippen LogP contribution in [0.25, 0.3) is 0 Å². The molecule has 0 amide bonds. The third-order valence-corrected chi connectivity index (χ3v) is 5.54. The second-order valence-corrected chi connectivity index (χ2v) is 6.93. The lowest BCUT2D eigenvalue weighted by Gasteiger charge is -2.44. The molecule has 1 aromatic carbocycles. The predicted molar refractivity (Wildman–Crippen MR) is 79.1 cm³/mol. The molecule has 3 unspecified atom stereocenters. The maximum atomic E-state index is 11.3. The van der Waals surface area contributed by atoms with Crippen LogP contribution in [0.15, 0.2) is 24.3 Å². The molecule has 0 aliphatic heterocycles. The van der Waals surface area contributed by atoms with Gasteiger partial charge in [0.1, 0.15) is 0 Å². The summed E-state index contributed by atoms with van der Waals surface area (Å²) in [6.07, 6.45) is 7.29. The Kier molecular flexibility index (Phi) is 3.42. The molecule has 2 fully saturated rings. The number of rotatable bonds is 2. The summed E-state index contributed by atoms with van der Waals surface area (Å²) in [5.41, 5.74) is 2.07. The molecule has 0 aromatic heterocycles. The Bertz CT molecular complexity index is 449. The van der Waals surface area contributed by atoms with E-state index in [0.717, 1.165) is 12.8 Å². The van der Waals surface area contributed by atoms with Gasteiger partial charge in [0, 0.05) is 0 Å². The molecule has 19 heavy (non-hydrogen) atoms. The molecule has 1 aromatic rings. The maximum Gasteiger partial charge on any atom is 0.0927 e. The van der Waals surface area contributed by atoms with Crippen molar-refractivity contribution in [1.29, 1.82) is 0 Å². The van der Waals surface area contributed by atoms with E-state index in [0.29, 0.717) is 17.8 Å². The third kappa shape index (κ3) is 2.23. The van der Waals surface area contributed by atoms with Crippen LogP contribution in [0.1, 0.15) is 69.4 Å². The highest BCUT2D eigenvalue weighted by Crippen LogP contribution is 2.48. The number of hydrogen-bond acceptors (Lipinski definition) is 1. The van der Waals surface area contributed by atoms with Crippen molar-refractivity contribution in [1.82, 2.24) is 0 Å². The van der Waals surface area contributed by atoms with E-state index >= 15 is 0 Å². The highest BCUT2D eigenvalue weighted by molar-refractivity contribution is 5.37. The van der Waals surface area contributed by atoms with Gasteiger partial charge in [0.05, 0.1) is 5.60 Å². The molecular weight excluding hydrogens is 232 g/mol. The van der Waals surface area contributed by atoms with E-state index in [2.05, 4.69) is 38.1 Å². The topological polar surface area (TPSA) is 20.2 Å². The third-order valence-electron chi connectivity index (χ3n) is 5.54. The molecule has 0 spiro atoms. The van der Waals surface area contributed by atoms with Gasteiger partial charge in [0.15, 0.2) is 0 Å². The lowest BCUT2D eigenvalue weighted by atomic mass is 9.65. The van der Waals surface area contributed by atoms with Crippen molar-refractivity contribution < 1.29 is 5.11 Å². The van der Waals surface area contributed by atoms with Gasteiger partial charge in [-0.1, -0.05) is 51.0 Å². The molecular formula is C18H26O.